The minimum absolute atomic E-state index is 0.111. The highest BCUT2D eigenvalue weighted by Crippen LogP contribution is 2.30. The highest BCUT2D eigenvalue weighted by atomic mass is 35.5. The van der Waals surface area contributed by atoms with Gasteiger partial charge in [-0.3, -0.25) is 4.79 Å². The van der Waals surface area contributed by atoms with Crippen molar-refractivity contribution in [3.05, 3.63) is 47.0 Å². The molecule has 0 heterocycles. The number of halogens is 1. The summed E-state index contributed by atoms with van der Waals surface area (Å²) in [6.07, 6.45) is 0.950. The van der Waals surface area contributed by atoms with Crippen LogP contribution in [0.2, 0.25) is 5.02 Å². The van der Waals surface area contributed by atoms with E-state index in [-0.39, 0.29) is 12.5 Å². The van der Waals surface area contributed by atoms with Gasteiger partial charge in [-0.1, -0.05) is 18.5 Å². The topological polar surface area (TPSA) is 56.8 Å². The molecule has 0 saturated carbocycles. The average Bonchev–Trinajstić information content (AvgIpc) is 2.62. The lowest BCUT2D eigenvalue weighted by Gasteiger charge is -2.13. The quantitative estimate of drug-likeness (QED) is 0.752. The van der Waals surface area contributed by atoms with E-state index in [1.165, 1.54) is 7.11 Å². The van der Waals surface area contributed by atoms with E-state index in [1.807, 2.05) is 26.0 Å². The fourth-order valence-corrected chi connectivity index (χ4v) is 2.27. The smallest absolute Gasteiger partial charge is 0.262 e. The number of amides is 1. The summed E-state index contributed by atoms with van der Waals surface area (Å²) >= 11 is 6.06. The molecule has 2 aromatic rings. The molecule has 2 rings (SSSR count). The van der Waals surface area contributed by atoms with Gasteiger partial charge < -0.3 is 19.5 Å². The van der Waals surface area contributed by atoms with E-state index in [0.29, 0.717) is 28.8 Å². The van der Waals surface area contributed by atoms with Crippen molar-refractivity contribution in [1.82, 2.24) is 0 Å². The highest BCUT2D eigenvalue weighted by molar-refractivity contribution is 6.31. The van der Waals surface area contributed by atoms with Crippen molar-refractivity contribution < 1.29 is 19.0 Å². The van der Waals surface area contributed by atoms with Gasteiger partial charge in [-0.25, -0.2) is 0 Å². The molecule has 0 unspecified atom stereocenters. The van der Waals surface area contributed by atoms with Crippen molar-refractivity contribution in [3.63, 3.8) is 0 Å². The Morgan fingerprint density at radius 3 is 2.36 bits per heavy atom. The number of carbonyl (C=O) groups is 1. The Balaban J connectivity index is 1.91. The summed E-state index contributed by atoms with van der Waals surface area (Å²) in [6.45, 7) is 4.47. The number of hydrogen-bond acceptors (Lipinski definition) is 4. The maximum atomic E-state index is 12.1. The number of rotatable bonds is 8. The molecule has 2 aromatic carbocycles. The van der Waals surface area contributed by atoms with Gasteiger partial charge in [0, 0.05) is 11.1 Å². The zero-order valence-electron chi connectivity index (χ0n) is 14.6. The minimum Gasteiger partial charge on any atom is -0.495 e. The van der Waals surface area contributed by atoms with Crippen LogP contribution in [0.5, 0.6) is 17.2 Å². The Kier molecular flexibility index (Phi) is 6.95. The van der Waals surface area contributed by atoms with Crippen LogP contribution < -0.4 is 19.5 Å². The third-order valence-corrected chi connectivity index (χ3v) is 3.83. The van der Waals surface area contributed by atoms with Crippen LogP contribution in [0.1, 0.15) is 18.9 Å². The Hall–Kier alpha value is -2.40. The van der Waals surface area contributed by atoms with Crippen molar-refractivity contribution in [2.24, 2.45) is 0 Å². The van der Waals surface area contributed by atoms with E-state index in [1.54, 1.807) is 24.3 Å². The van der Waals surface area contributed by atoms with Gasteiger partial charge >= 0.3 is 0 Å². The largest absolute Gasteiger partial charge is 0.495 e. The molecule has 134 valence electrons. The van der Waals surface area contributed by atoms with Crippen molar-refractivity contribution in [1.29, 1.82) is 0 Å². The summed E-state index contributed by atoms with van der Waals surface area (Å²) in [6, 6.07) is 10.6. The molecule has 5 nitrogen and oxygen atoms in total. The maximum absolute atomic E-state index is 12.1. The Morgan fingerprint density at radius 2 is 1.76 bits per heavy atom. The second-order valence-electron chi connectivity index (χ2n) is 5.46. The lowest BCUT2D eigenvalue weighted by atomic mass is 10.2. The molecule has 0 fully saturated rings. The van der Waals surface area contributed by atoms with Crippen LogP contribution in [-0.4, -0.2) is 26.2 Å². The molecule has 0 bridgehead atoms. The number of benzene rings is 2. The SMILES string of the molecule is CCCOc1ccc(OCC(=O)Nc2cc(C)c(Cl)cc2OC)cc1. The van der Waals surface area contributed by atoms with Gasteiger partial charge in [-0.05, 0) is 49.2 Å². The molecule has 1 N–H and O–H groups in total. The van der Waals surface area contributed by atoms with Crippen molar-refractivity contribution in [3.8, 4) is 17.2 Å². The second kappa shape index (κ2) is 9.18. The Bertz CT molecular complexity index is 716. The van der Waals surface area contributed by atoms with Gasteiger partial charge in [-0.2, -0.15) is 0 Å². The van der Waals surface area contributed by atoms with Gasteiger partial charge in [0.15, 0.2) is 6.61 Å². The van der Waals surface area contributed by atoms with E-state index in [9.17, 15) is 4.79 Å². The predicted molar refractivity (Wildman–Crippen MR) is 99.1 cm³/mol. The van der Waals surface area contributed by atoms with E-state index in [2.05, 4.69) is 5.32 Å². The maximum Gasteiger partial charge on any atom is 0.262 e. The van der Waals surface area contributed by atoms with Crippen molar-refractivity contribution >= 4 is 23.2 Å². The standard InChI is InChI=1S/C19H22ClNO4/c1-4-9-24-14-5-7-15(8-6-14)25-12-19(22)21-17-10-13(2)16(20)11-18(17)23-3/h5-8,10-11H,4,9,12H2,1-3H3,(H,21,22). The number of nitrogens with one attached hydrogen (secondary N) is 1. The molecule has 1 amide bonds. The molecule has 0 spiro atoms. The zero-order chi connectivity index (χ0) is 18.2. The van der Waals surface area contributed by atoms with Gasteiger partial charge in [0.05, 0.1) is 19.4 Å². The van der Waals surface area contributed by atoms with Crippen LogP contribution in [0.4, 0.5) is 5.69 Å². The molecule has 0 aliphatic heterocycles. The van der Waals surface area contributed by atoms with E-state index >= 15 is 0 Å². The minimum atomic E-state index is -0.286. The fraction of sp³-hybridized carbons (Fsp3) is 0.316. The summed E-state index contributed by atoms with van der Waals surface area (Å²) in [5.41, 5.74) is 1.41. The fourth-order valence-electron chi connectivity index (χ4n) is 2.12. The summed E-state index contributed by atoms with van der Waals surface area (Å²) in [5, 5.41) is 3.35. The number of methoxy groups -OCH3 is 1. The molecule has 0 radical (unpaired) electrons. The summed E-state index contributed by atoms with van der Waals surface area (Å²) in [5.74, 6) is 1.59. The summed E-state index contributed by atoms with van der Waals surface area (Å²) in [7, 11) is 1.52. The third kappa shape index (κ3) is 5.57. The third-order valence-electron chi connectivity index (χ3n) is 3.42. The van der Waals surface area contributed by atoms with Crippen molar-refractivity contribution in [2.45, 2.75) is 20.3 Å². The number of ether oxygens (including phenoxy) is 3. The van der Waals surface area contributed by atoms with Gasteiger partial charge in [0.2, 0.25) is 0 Å². The van der Waals surface area contributed by atoms with E-state index in [0.717, 1.165) is 17.7 Å². The zero-order valence-corrected chi connectivity index (χ0v) is 15.4. The first-order valence-corrected chi connectivity index (χ1v) is 8.41. The molecule has 0 aromatic heterocycles. The first-order valence-electron chi connectivity index (χ1n) is 8.03. The number of aryl methyl sites for hydroxylation is 1. The van der Waals surface area contributed by atoms with Gasteiger partial charge in [0.1, 0.15) is 17.2 Å². The van der Waals surface area contributed by atoms with Crippen LogP contribution in [0.25, 0.3) is 0 Å². The Morgan fingerprint density at radius 1 is 1.12 bits per heavy atom. The normalized spacial score (nSPS) is 10.2. The van der Waals surface area contributed by atoms with Crippen molar-refractivity contribution in [2.75, 3.05) is 25.6 Å². The molecule has 0 saturated heterocycles. The Labute approximate surface area is 152 Å². The second-order valence-corrected chi connectivity index (χ2v) is 5.87. The highest BCUT2D eigenvalue weighted by Gasteiger charge is 2.11. The number of carbonyl (C=O) groups excluding carboxylic acids is 1. The number of hydrogen-bond donors (Lipinski definition) is 1. The molecule has 0 aliphatic carbocycles. The molecule has 25 heavy (non-hydrogen) atoms. The average molecular weight is 364 g/mol. The van der Waals surface area contributed by atoms with Gasteiger partial charge in [0.25, 0.3) is 5.91 Å². The predicted octanol–water partition coefficient (Wildman–Crippen LogP) is 4.46. The van der Waals surface area contributed by atoms with Crippen LogP contribution in [0.15, 0.2) is 36.4 Å². The first-order chi connectivity index (χ1) is 12.0. The van der Waals surface area contributed by atoms with E-state index < -0.39 is 0 Å². The summed E-state index contributed by atoms with van der Waals surface area (Å²) < 4.78 is 16.2. The van der Waals surface area contributed by atoms with Crippen LogP contribution >= 0.6 is 11.6 Å². The first kappa shape index (κ1) is 18.9. The van der Waals surface area contributed by atoms with Crippen LogP contribution in [-0.2, 0) is 4.79 Å². The molecule has 6 heteroatoms. The molecular formula is C19H22ClNO4. The molecular weight excluding hydrogens is 342 g/mol. The monoisotopic (exact) mass is 363 g/mol. The van der Waals surface area contributed by atoms with Gasteiger partial charge in [-0.15, -0.1) is 0 Å². The van der Waals surface area contributed by atoms with E-state index in [4.69, 9.17) is 25.8 Å². The molecule has 0 atom stereocenters. The lowest BCUT2D eigenvalue weighted by molar-refractivity contribution is -0.118. The van der Waals surface area contributed by atoms with Crippen LogP contribution in [0, 0.1) is 6.92 Å². The lowest BCUT2D eigenvalue weighted by Crippen LogP contribution is -2.20. The van der Waals surface area contributed by atoms with Crippen LogP contribution in [0.3, 0.4) is 0 Å². The number of anilines is 1. The molecule has 0 aliphatic rings. The summed E-state index contributed by atoms with van der Waals surface area (Å²) in [4.78, 5) is 12.1.